The van der Waals surface area contributed by atoms with Gasteiger partial charge in [-0.25, -0.2) is 8.42 Å². The molecule has 2 rings (SSSR count). The van der Waals surface area contributed by atoms with Crippen molar-refractivity contribution in [3.63, 3.8) is 0 Å². The van der Waals surface area contributed by atoms with Crippen LogP contribution >= 0.6 is 15.9 Å². The zero-order chi connectivity index (χ0) is 14.8. The summed E-state index contributed by atoms with van der Waals surface area (Å²) >= 11 is 3.22. The Morgan fingerprint density at radius 2 is 1.55 bits per heavy atom. The van der Waals surface area contributed by atoms with Crippen molar-refractivity contribution in [1.82, 2.24) is 0 Å². The number of nitro groups is 1. The number of sulfonamides is 1. The van der Waals surface area contributed by atoms with Crippen molar-refractivity contribution in [2.45, 2.75) is 4.90 Å². The van der Waals surface area contributed by atoms with Crippen molar-refractivity contribution in [3.05, 3.63) is 63.1 Å². The smallest absolute Gasteiger partial charge is 0.269 e. The van der Waals surface area contributed by atoms with Gasteiger partial charge in [-0.3, -0.25) is 14.8 Å². The lowest BCUT2D eigenvalue weighted by Gasteiger charge is -2.07. The van der Waals surface area contributed by atoms with Crippen molar-refractivity contribution in [2.75, 3.05) is 4.72 Å². The lowest BCUT2D eigenvalue weighted by atomic mass is 10.3. The molecule has 0 saturated heterocycles. The number of rotatable bonds is 4. The molecule has 0 fully saturated rings. The minimum atomic E-state index is -3.70. The van der Waals surface area contributed by atoms with Crippen molar-refractivity contribution in [2.24, 2.45) is 0 Å². The van der Waals surface area contributed by atoms with E-state index in [1.54, 1.807) is 12.1 Å². The van der Waals surface area contributed by atoms with Crippen LogP contribution in [0.2, 0.25) is 0 Å². The Morgan fingerprint density at radius 1 is 1.00 bits per heavy atom. The Morgan fingerprint density at radius 3 is 2.05 bits per heavy atom. The van der Waals surface area contributed by atoms with Crippen molar-refractivity contribution < 1.29 is 13.3 Å². The van der Waals surface area contributed by atoms with Gasteiger partial charge in [0.15, 0.2) is 0 Å². The van der Waals surface area contributed by atoms with Gasteiger partial charge in [0.1, 0.15) is 0 Å². The van der Waals surface area contributed by atoms with Gasteiger partial charge in [-0.05, 0) is 36.4 Å². The molecular weight excluding hydrogens is 348 g/mol. The summed E-state index contributed by atoms with van der Waals surface area (Å²) in [4.78, 5) is 10.1. The second kappa shape index (κ2) is 5.59. The van der Waals surface area contributed by atoms with Gasteiger partial charge in [-0.15, -0.1) is 0 Å². The molecule has 0 saturated carbocycles. The summed E-state index contributed by atoms with van der Waals surface area (Å²) in [6, 6.07) is 11.3. The van der Waals surface area contributed by atoms with E-state index in [2.05, 4.69) is 20.7 Å². The number of nitrogens with zero attached hydrogens (tertiary/aromatic N) is 1. The van der Waals surface area contributed by atoms with Crippen molar-refractivity contribution >= 4 is 37.3 Å². The molecule has 0 radical (unpaired) electrons. The lowest BCUT2D eigenvalue weighted by molar-refractivity contribution is -0.384. The highest BCUT2D eigenvalue weighted by Crippen LogP contribution is 2.20. The van der Waals surface area contributed by atoms with Crippen molar-refractivity contribution in [3.8, 4) is 0 Å². The molecule has 1 N–H and O–H groups in total. The molecule has 20 heavy (non-hydrogen) atoms. The molecular formula is C12H9BrN2O4S. The van der Waals surface area contributed by atoms with Gasteiger partial charge in [0.25, 0.3) is 15.7 Å². The quantitative estimate of drug-likeness (QED) is 0.672. The molecule has 0 bridgehead atoms. The summed E-state index contributed by atoms with van der Waals surface area (Å²) < 4.78 is 27.3. The summed E-state index contributed by atoms with van der Waals surface area (Å²) in [6.45, 7) is 0. The third kappa shape index (κ3) is 3.34. The standard InChI is InChI=1S/C12H9BrN2O4S/c13-9-1-7-12(8-2-9)20(18,19)14-10-3-5-11(6-4-10)15(16)17/h1-8,14H. The maximum atomic E-state index is 12.1. The first-order chi connectivity index (χ1) is 9.38. The van der Waals surface area contributed by atoms with Crippen LogP contribution in [-0.2, 0) is 10.0 Å². The van der Waals surface area contributed by atoms with Crippen LogP contribution in [0.25, 0.3) is 0 Å². The van der Waals surface area contributed by atoms with Gasteiger partial charge < -0.3 is 0 Å². The number of nitro benzene ring substituents is 1. The van der Waals surface area contributed by atoms with E-state index in [9.17, 15) is 18.5 Å². The van der Waals surface area contributed by atoms with E-state index in [1.165, 1.54) is 36.4 Å². The predicted octanol–water partition coefficient (Wildman–Crippen LogP) is 3.16. The van der Waals surface area contributed by atoms with Gasteiger partial charge in [-0.2, -0.15) is 0 Å². The predicted molar refractivity (Wildman–Crippen MR) is 78.0 cm³/mol. The van der Waals surface area contributed by atoms with Crippen LogP contribution in [0.5, 0.6) is 0 Å². The van der Waals surface area contributed by atoms with Crippen LogP contribution in [0.4, 0.5) is 11.4 Å². The van der Waals surface area contributed by atoms with Gasteiger partial charge in [0.2, 0.25) is 0 Å². The number of hydrogen-bond acceptors (Lipinski definition) is 4. The topological polar surface area (TPSA) is 89.3 Å². The number of non-ortho nitro benzene ring substituents is 1. The van der Waals surface area contributed by atoms with Crippen LogP contribution < -0.4 is 4.72 Å². The molecule has 8 heteroatoms. The Balaban J connectivity index is 2.24. The van der Waals surface area contributed by atoms with Crippen LogP contribution in [0, 0.1) is 10.1 Å². The largest absolute Gasteiger partial charge is 0.280 e. The van der Waals surface area contributed by atoms with Crippen LogP contribution in [0.1, 0.15) is 0 Å². The molecule has 2 aromatic rings. The zero-order valence-electron chi connectivity index (χ0n) is 9.99. The molecule has 2 aromatic carbocycles. The molecule has 0 aromatic heterocycles. The molecule has 0 heterocycles. The highest BCUT2D eigenvalue weighted by molar-refractivity contribution is 9.10. The minimum Gasteiger partial charge on any atom is -0.280 e. The molecule has 0 aliphatic carbocycles. The fourth-order valence-electron chi connectivity index (χ4n) is 1.48. The van der Waals surface area contributed by atoms with Crippen LogP contribution in [0.15, 0.2) is 57.9 Å². The fraction of sp³-hybridized carbons (Fsp3) is 0. The molecule has 6 nitrogen and oxygen atoms in total. The molecule has 0 unspecified atom stereocenters. The van der Waals surface area contributed by atoms with Crippen LogP contribution in [-0.4, -0.2) is 13.3 Å². The Bertz CT molecular complexity index is 727. The Labute approximate surface area is 123 Å². The molecule has 0 spiro atoms. The molecule has 104 valence electrons. The lowest BCUT2D eigenvalue weighted by Crippen LogP contribution is -2.12. The number of hydrogen-bond donors (Lipinski definition) is 1. The fourth-order valence-corrected chi connectivity index (χ4v) is 2.80. The monoisotopic (exact) mass is 356 g/mol. The molecule has 0 aliphatic heterocycles. The third-order valence-electron chi connectivity index (χ3n) is 2.45. The van der Waals surface area contributed by atoms with Gasteiger partial charge >= 0.3 is 0 Å². The van der Waals surface area contributed by atoms with E-state index >= 15 is 0 Å². The van der Waals surface area contributed by atoms with E-state index in [0.717, 1.165) is 4.47 Å². The normalized spacial score (nSPS) is 11.1. The van der Waals surface area contributed by atoms with E-state index in [-0.39, 0.29) is 16.3 Å². The van der Waals surface area contributed by atoms with Crippen LogP contribution in [0.3, 0.4) is 0 Å². The first kappa shape index (κ1) is 14.5. The Kier molecular flexibility index (Phi) is 4.05. The summed E-state index contributed by atoms with van der Waals surface area (Å²) in [5.41, 5.74) is 0.162. The van der Waals surface area contributed by atoms with Crippen molar-refractivity contribution in [1.29, 1.82) is 0 Å². The summed E-state index contributed by atoms with van der Waals surface area (Å²) in [7, 11) is -3.70. The molecule has 0 amide bonds. The summed E-state index contributed by atoms with van der Waals surface area (Å²) in [5.74, 6) is 0. The average Bonchev–Trinajstić information content (AvgIpc) is 2.39. The molecule has 0 aliphatic rings. The summed E-state index contributed by atoms with van der Waals surface area (Å²) in [5, 5.41) is 10.5. The number of nitrogens with one attached hydrogen (secondary N) is 1. The second-order valence-electron chi connectivity index (χ2n) is 3.86. The summed E-state index contributed by atoms with van der Waals surface area (Å²) in [6.07, 6.45) is 0. The SMILES string of the molecule is O=[N+]([O-])c1ccc(NS(=O)(=O)c2ccc(Br)cc2)cc1. The van der Waals surface area contributed by atoms with E-state index in [0.29, 0.717) is 0 Å². The third-order valence-corrected chi connectivity index (χ3v) is 4.38. The first-order valence-electron chi connectivity index (χ1n) is 5.41. The van der Waals surface area contributed by atoms with E-state index in [4.69, 9.17) is 0 Å². The highest BCUT2D eigenvalue weighted by atomic mass is 79.9. The Hall–Kier alpha value is -1.93. The minimum absolute atomic E-state index is 0.100. The number of anilines is 1. The van der Waals surface area contributed by atoms with E-state index in [1.807, 2.05) is 0 Å². The van der Waals surface area contributed by atoms with Gasteiger partial charge in [0, 0.05) is 22.3 Å². The second-order valence-corrected chi connectivity index (χ2v) is 6.46. The zero-order valence-corrected chi connectivity index (χ0v) is 12.4. The van der Waals surface area contributed by atoms with Gasteiger partial charge in [-0.1, -0.05) is 15.9 Å². The number of halogens is 1. The van der Waals surface area contributed by atoms with E-state index < -0.39 is 14.9 Å². The maximum Gasteiger partial charge on any atom is 0.269 e. The van der Waals surface area contributed by atoms with Gasteiger partial charge in [0.05, 0.1) is 9.82 Å². The first-order valence-corrected chi connectivity index (χ1v) is 7.69. The maximum absolute atomic E-state index is 12.1. The molecule has 0 atom stereocenters. The highest BCUT2D eigenvalue weighted by Gasteiger charge is 2.14. The number of benzene rings is 2. The average molecular weight is 357 g/mol.